The van der Waals surface area contributed by atoms with E-state index in [1.54, 1.807) is 37.4 Å². The van der Waals surface area contributed by atoms with Crippen LogP contribution in [0.1, 0.15) is 11.1 Å². The highest BCUT2D eigenvalue weighted by Gasteiger charge is 2.17. The largest absolute Gasteiger partial charge is 0.497 e. The van der Waals surface area contributed by atoms with E-state index in [9.17, 15) is 8.42 Å². The molecular weight excluding hydrogens is 354 g/mol. The van der Waals surface area contributed by atoms with Gasteiger partial charge in [0.25, 0.3) is 0 Å². The molecule has 0 aliphatic carbocycles. The van der Waals surface area contributed by atoms with Crippen LogP contribution in [0.3, 0.4) is 0 Å². The number of sulfonamides is 1. The predicted molar refractivity (Wildman–Crippen MR) is 85.9 cm³/mol. The minimum absolute atomic E-state index is 0.229. The highest BCUT2D eigenvalue weighted by atomic mass is 79.9. The summed E-state index contributed by atoms with van der Waals surface area (Å²) in [5.74, 6) is 0.739. The van der Waals surface area contributed by atoms with Gasteiger partial charge in [-0.2, -0.15) is 0 Å². The highest BCUT2D eigenvalue weighted by molar-refractivity contribution is 9.10. The van der Waals surface area contributed by atoms with Gasteiger partial charge in [0.1, 0.15) is 5.75 Å². The first-order valence-electron chi connectivity index (χ1n) is 6.31. The standard InChI is InChI=1S/C15H16BrNO3S/c1-11-3-8-15(14(16)9-11)21(18,19)17-10-12-4-6-13(20-2)7-5-12/h3-9,17H,10H2,1-2H3. The van der Waals surface area contributed by atoms with E-state index in [4.69, 9.17) is 4.74 Å². The number of nitrogens with one attached hydrogen (secondary N) is 1. The fourth-order valence-corrected chi connectivity index (χ4v) is 4.03. The van der Waals surface area contributed by atoms with Crippen molar-refractivity contribution in [3.05, 3.63) is 58.1 Å². The van der Waals surface area contributed by atoms with E-state index in [0.29, 0.717) is 4.47 Å². The number of rotatable bonds is 5. The minimum atomic E-state index is -3.55. The molecule has 0 aliphatic rings. The van der Waals surface area contributed by atoms with Gasteiger partial charge in [0, 0.05) is 11.0 Å². The van der Waals surface area contributed by atoms with Crippen LogP contribution < -0.4 is 9.46 Å². The quantitative estimate of drug-likeness (QED) is 0.879. The van der Waals surface area contributed by atoms with Gasteiger partial charge >= 0.3 is 0 Å². The summed E-state index contributed by atoms with van der Waals surface area (Å²) in [4.78, 5) is 0.238. The Kier molecular flexibility index (Phi) is 5.03. The molecule has 0 spiro atoms. The molecule has 2 rings (SSSR count). The van der Waals surface area contributed by atoms with Crippen molar-refractivity contribution in [1.82, 2.24) is 4.72 Å². The summed E-state index contributed by atoms with van der Waals surface area (Å²) in [6.45, 7) is 2.14. The van der Waals surface area contributed by atoms with Gasteiger partial charge < -0.3 is 4.74 Å². The molecule has 0 heterocycles. The number of ether oxygens (including phenoxy) is 1. The Hall–Kier alpha value is -1.37. The van der Waals surface area contributed by atoms with Crippen molar-refractivity contribution in [2.24, 2.45) is 0 Å². The van der Waals surface area contributed by atoms with E-state index in [1.807, 2.05) is 19.1 Å². The second-order valence-electron chi connectivity index (χ2n) is 4.61. The Morgan fingerprint density at radius 2 is 1.81 bits per heavy atom. The van der Waals surface area contributed by atoms with Crippen LogP contribution in [0.5, 0.6) is 5.75 Å². The first-order valence-corrected chi connectivity index (χ1v) is 8.59. The number of hydrogen-bond acceptors (Lipinski definition) is 3. The summed E-state index contributed by atoms with van der Waals surface area (Å²) >= 11 is 3.29. The van der Waals surface area contributed by atoms with E-state index in [1.165, 1.54) is 0 Å². The summed E-state index contributed by atoms with van der Waals surface area (Å²) in [6, 6.07) is 12.4. The zero-order valence-electron chi connectivity index (χ0n) is 11.8. The Morgan fingerprint density at radius 1 is 1.14 bits per heavy atom. The molecule has 0 fully saturated rings. The normalized spacial score (nSPS) is 11.4. The average Bonchev–Trinajstić information content (AvgIpc) is 2.45. The summed E-state index contributed by atoms with van der Waals surface area (Å²) < 4.78 is 32.8. The molecule has 0 radical (unpaired) electrons. The zero-order valence-corrected chi connectivity index (χ0v) is 14.2. The lowest BCUT2D eigenvalue weighted by atomic mass is 10.2. The molecule has 0 bridgehead atoms. The van der Waals surface area contributed by atoms with Gasteiger partial charge in [-0.1, -0.05) is 18.2 Å². The molecule has 0 aromatic heterocycles. The van der Waals surface area contributed by atoms with Crippen LogP contribution in [-0.4, -0.2) is 15.5 Å². The maximum atomic E-state index is 12.3. The highest BCUT2D eigenvalue weighted by Crippen LogP contribution is 2.23. The van der Waals surface area contributed by atoms with E-state index < -0.39 is 10.0 Å². The molecule has 1 N–H and O–H groups in total. The average molecular weight is 370 g/mol. The topological polar surface area (TPSA) is 55.4 Å². The molecule has 0 atom stereocenters. The lowest BCUT2D eigenvalue weighted by molar-refractivity contribution is 0.414. The fraction of sp³-hybridized carbons (Fsp3) is 0.200. The number of aryl methyl sites for hydroxylation is 1. The second-order valence-corrected chi connectivity index (χ2v) is 7.20. The molecule has 4 nitrogen and oxygen atoms in total. The fourth-order valence-electron chi connectivity index (χ4n) is 1.82. The van der Waals surface area contributed by atoms with Crippen molar-refractivity contribution in [3.8, 4) is 5.75 Å². The third-order valence-corrected chi connectivity index (χ3v) is 5.38. The lowest BCUT2D eigenvalue weighted by Crippen LogP contribution is -2.23. The van der Waals surface area contributed by atoms with Crippen molar-refractivity contribution >= 4 is 26.0 Å². The maximum absolute atomic E-state index is 12.3. The van der Waals surface area contributed by atoms with Gasteiger partial charge in [0.15, 0.2) is 0 Å². The first-order chi connectivity index (χ1) is 9.92. The maximum Gasteiger partial charge on any atom is 0.241 e. The van der Waals surface area contributed by atoms with Gasteiger partial charge in [-0.15, -0.1) is 0 Å². The Balaban J connectivity index is 2.13. The first kappa shape index (κ1) is 16.0. The van der Waals surface area contributed by atoms with Crippen molar-refractivity contribution in [3.63, 3.8) is 0 Å². The molecule has 0 amide bonds. The summed E-state index contributed by atoms with van der Waals surface area (Å²) in [5, 5.41) is 0. The number of benzene rings is 2. The number of hydrogen-bond donors (Lipinski definition) is 1. The molecule has 2 aromatic rings. The molecule has 112 valence electrons. The summed E-state index contributed by atoms with van der Waals surface area (Å²) in [5.41, 5.74) is 1.86. The van der Waals surface area contributed by atoms with Crippen LogP contribution in [0.25, 0.3) is 0 Å². The molecule has 2 aromatic carbocycles. The number of halogens is 1. The van der Waals surface area contributed by atoms with Gasteiger partial charge in [-0.3, -0.25) is 0 Å². The van der Waals surface area contributed by atoms with E-state index in [0.717, 1.165) is 16.9 Å². The zero-order chi connectivity index (χ0) is 15.5. The van der Waals surface area contributed by atoms with E-state index >= 15 is 0 Å². The van der Waals surface area contributed by atoms with Crippen molar-refractivity contribution < 1.29 is 13.2 Å². The summed E-state index contributed by atoms with van der Waals surface area (Å²) in [7, 11) is -1.96. The van der Waals surface area contributed by atoms with Crippen molar-refractivity contribution in [1.29, 1.82) is 0 Å². The molecule has 6 heteroatoms. The van der Waals surface area contributed by atoms with Gasteiger partial charge in [-0.25, -0.2) is 13.1 Å². The minimum Gasteiger partial charge on any atom is -0.497 e. The monoisotopic (exact) mass is 369 g/mol. The molecule has 0 saturated heterocycles. The third-order valence-electron chi connectivity index (χ3n) is 3.00. The SMILES string of the molecule is COc1ccc(CNS(=O)(=O)c2ccc(C)cc2Br)cc1. The van der Waals surface area contributed by atoms with E-state index in [-0.39, 0.29) is 11.4 Å². The summed E-state index contributed by atoms with van der Waals surface area (Å²) in [6.07, 6.45) is 0. The smallest absolute Gasteiger partial charge is 0.241 e. The third kappa shape index (κ3) is 4.06. The van der Waals surface area contributed by atoms with Crippen molar-refractivity contribution in [2.45, 2.75) is 18.4 Å². The molecule has 21 heavy (non-hydrogen) atoms. The van der Waals surface area contributed by atoms with Gasteiger partial charge in [0.2, 0.25) is 10.0 Å². The van der Waals surface area contributed by atoms with Crippen LogP contribution >= 0.6 is 15.9 Å². The van der Waals surface area contributed by atoms with Crippen LogP contribution in [0.4, 0.5) is 0 Å². The van der Waals surface area contributed by atoms with Crippen LogP contribution in [0, 0.1) is 6.92 Å². The van der Waals surface area contributed by atoms with Gasteiger partial charge in [0.05, 0.1) is 12.0 Å². The Labute approximate surface area is 133 Å². The lowest BCUT2D eigenvalue weighted by Gasteiger charge is -2.09. The van der Waals surface area contributed by atoms with Gasteiger partial charge in [-0.05, 0) is 58.2 Å². The predicted octanol–water partition coefficient (Wildman–Crippen LogP) is 3.24. The Bertz CT molecular complexity index is 727. The molecule has 0 unspecified atom stereocenters. The Morgan fingerprint density at radius 3 is 2.38 bits per heavy atom. The molecular formula is C15H16BrNO3S. The number of methoxy groups -OCH3 is 1. The van der Waals surface area contributed by atoms with Crippen LogP contribution in [0.2, 0.25) is 0 Å². The van der Waals surface area contributed by atoms with Crippen LogP contribution in [-0.2, 0) is 16.6 Å². The molecule has 0 aliphatic heterocycles. The van der Waals surface area contributed by atoms with E-state index in [2.05, 4.69) is 20.7 Å². The second kappa shape index (κ2) is 6.60. The van der Waals surface area contributed by atoms with Crippen LogP contribution in [0.15, 0.2) is 51.8 Å². The van der Waals surface area contributed by atoms with Crippen molar-refractivity contribution in [2.75, 3.05) is 7.11 Å². The molecule has 0 saturated carbocycles.